The van der Waals surface area contributed by atoms with Crippen molar-refractivity contribution in [1.29, 1.82) is 0 Å². The first-order valence-corrected chi connectivity index (χ1v) is 8.83. The number of methoxy groups -OCH3 is 1. The van der Waals surface area contributed by atoms with Crippen molar-refractivity contribution in [3.63, 3.8) is 0 Å². The highest BCUT2D eigenvalue weighted by Crippen LogP contribution is 2.07. The van der Waals surface area contributed by atoms with Crippen molar-refractivity contribution >= 4 is 18.0 Å². The molecule has 2 aromatic rings. The highest BCUT2D eigenvalue weighted by Gasteiger charge is 2.24. The van der Waals surface area contributed by atoms with Crippen molar-refractivity contribution in [1.82, 2.24) is 5.32 Å². The molecular formula is C21H23NO6. The van der Waals surface area contributed by atoms with Crippen molar-refractivity contribution in [3.05, 3.63) is 71.8 Å². The molecule has 0 radical (unpaired) electrons. The Labute approximate surface area is 163 Å². The van der Waals surface area contributed by atoms with E-state index in [0.717, 1.165) is 11.1 Å². The van der Waals surface area contributed by atoms with Crippen LogP contribution in [0.2, 0.25) is 0 Å². The van der Waals surface area contributed by atoms with Crippen molar-refractivity contribution in [2.24, 2.45) is 0 Å². The van der Waals surface area contributed by atoms with Gasteiger partial charge in [-0.05, 0) is 17.5 Å². The summed E-state index contributed by atoms with van der Waals surface area (Å²) >= 11 is 0. The van der Waals surface area contributed by atoms with E-state index >= 15 is 0 Å². The van der Waals surface area contributed by atoms with E-state index in [4.69, 9.17) is 9.47 Å². The van der Waals surface area contributed by atoms with Crippen LogP contribution >= 0.6 is 0 Å². The Kier molecular flexibility index (Phi) is 8.52. The first kappa shape index (κ1) is 21.0. The lowest BCUT2D eigenvalue weighted by atomic mass is 10.1. The average Bonchev–Trinajstić information content (AvgIpc) is 2.74. The number of nitrogens with one attached hydrogen (secondary N) is 1. The van der Waals surface area contributed by atoms with Crippen LogP contribution in [0.1, 0.15) is 24.0 Å². The monoisotopic (exact) mass is 385 g/mol. The van der Waals surface area contributed by atoms with Gasteiger partial charge in [0.1, 0.15) is 19.3 Å². The third kappa shape index (κ3) is 7.49. The van der Waals surface area contributed by atoms with Crippen molar-refractivity contribution in [2.75, 3.05) is 7.11 Å². The van der Waals surface area contributed by atoms with Crippen LogP contribution in [-0.2, 0) is 37.0 Å². The van der Waals surface area contributed by atoms with Crippen LogP contribution in [0.3, 0.4) is 0 Å². The molecule has 0 fully saturated rings. The van der Waals surface area contributed by atoms with Gasteiger partial charge in [-0.3, -0.25) is 4.79 Å². The molecule has 0 unspecified atom stereocenters. The van der Waals surface area contributed by atoms with E-state index in [-0.39, 0.29) is 26.1 Å². The zero-order chi connectivity index (χ0) is 20.2. The maximum atomic E-state index is 12.4. The smallest absolute Gasteiger partial charge is 0.408 e. The number of ether oxygens (including phenoxy) is 3. The van der Waals surface area contributed by atoms with Crippen LogP contribution in [0.4, 0.5) is 4.79 Å². The molecule has 0 aliphatic heterocycles. The molecule has 1 N–H and O–H groups in total. The third-order valence-corrected chi connectivity index (χ3v) is 3.88. The summed E-state index contributed by atoms with van der Waals surface area (Å²) in [5.41, 5.74) is 1.63. The van der Waals surface area contributed by atoms with Crippen LogP contribution in [0.15, 0.2) is 60.7 Å². The van der Waals surface area contributed by atoms with Crippen LogP contribution in [0, 0.1) is 0 Å². The number of carbonyl (C=O) groups is 3. The number of benzene rings is 2. The second kappa shape index (κ2) is 11.4. The van der Waals surface area contributed by atoms with Gasteiger partial charge in [0.05, 0.1) is 7.11 Å². The minimum Gasteiger partial charge on any atom is -0.469 e. The second-order valence-corrected chi connectivity index (χ2v) is 5.97. The van der Waals surface area contributed by atoms with Crippen molar-refractivity contribution < 1.29 is 28.6 Å². The molecule has 7 heteroatoms. The van der Waals surface area contributed by atoms with Crippen molar-refractivity contribution in [2.45, 2.75) is 32.1 Å². The molecule has 0 spiro atoms. The Hall–Kier alpha value is -3.35. The maximum absolute atomic E-state index is 12.4. The summed E-state index contributed by atoms with van der Waals surface area (Å²) in [5.74, 6) is -1.13. The van der Waals surface area contributed by atoms with E-state index in [2.05, 4.69) is 10.1 Å². The normalized spacial score (nSPS) is 11.2. The Balaban J connectivity index is 1.90. The van der Waals surface area contributed by atoms with Crippen molar-refractivity contribution in [3.8, 4) is 0 Å². The molecule has 0 saturated heterocycles. The fourth-order valence-corrected chi connectivity index (χ4v) is 2.35. The van der Waals surface area contributed by atoms with Gasteiger partial charge in [-0.25, -0.2) is 9.59 Å². The number of hydrogen-bond donors (Lipinski definition) is 1. The zero-order valence-corrected chi connectivity index (χ0v) is 15.6. The van der Waals surface area contributed by atoms with E-state index in [1.165, 1.54) is 7.11 Å². The minimum atomic E-state index is -1.02. The standard InChI is InChI=1S/C21H23NO6/c1-26-19(23)13-12-18(20(24)27-14-16-8-4-2-5-9-16)22-21(25)28-15-17-10-6-3-7-11-17/h2-11,18H,12-15H2,1H3,(H,22,25)/t18-/m0/s1. The van der Waals surface area contributed by atoms with E-state index < -0.39 is 24.1 Å². The summed E-state index contributed by atoms with van der Waals surface area (Å²) < 4.78 is 15.0. The fourth-order valence-electron chi connectivity index (χ4n) is 2.35. The molecular weight excluding hydrogens is 362 g/mol. The number of alkyl carbamates (subject to hydrolysis) is 1. The minimum absolute atomic E-state index is 0.0411. The predicted octanol–water partition coefficient (Wildman–Crippen LogP) is 2.98. The van der Waals surface area contributed by atoms with Gasteiger partial charge in [-0.2, -0.15) is 0 Å². The highest BCUT2D eigenvalue weighted by atomic mass is 16.6. The zero-order valence-electron chi connectivity index (χ0n) is 15.6. The molecule has 0 aliphatic rings. The Morgan fingerprint density at radius 2 is 1.39 bits per heavy atom. The Morgan fingerprint density at radius 1 is 0.857 bits per heavy atom. The number of rotatable bonds is 9. The fraction of sp³-hybridized carbons (Fsp3) is 0.286. The van der Waals surface area contributed by atoms with Gasteiger partial charge < -0.3 is 19.5 Å². The summed E-state index contributed by atoms with van der Waals surface area (Å²) in [5, 5.41) is 2.46. The van der Waals surface area contributed by atoms with Gasteiger partial charge in [-0.1, -0.05) is 60.7 Å². The molecule has 28 heavy (non-hydrogen) atoms. The van der Waals surface area contributed by atoms with Crippen LogP contribution in [-0.4, -0.2) is 31.2 Å². The van der Waals surface area contributed by atoms with Crippen LogP contribution in [0.25, 0.3) is 0 Å². The van der Waals surface area contributed by atoms with Gasteiger partial charge in [0.25, 0.3) is 0 Å². The lowest BCUT2D eigenvalue weighted by Gasteiger charge is -2.17. The molecule has 2 aromatic carbocycles. The third-order valence-electron chi connectivity index (χ3n) is 3.88. The van der Waals surface area contributed by atoms with Crippen LogP contribution in [0.5, 0.6) is 0 Å². The van der Waals surface area contributed by atoms with Gasteiger partial charge in [0.15, 0.2) is 0 Å². The molecule has 0 bridgehead atoms. The summed E-state index contributed by atoms with van der Waals surface area (Å²) in [4.78, 5) is 35.8. The summed E-state index contributed by atoms with van der Waals surface area (Å²) in [6.07, 6.45) is -0.767. The summed E-state index contributed by atoms with van der Waals surface area (Å²) in [6.45, 7) is 0.130. The number of amides is 1. The van der Waals surface area contributed by atoms with Gasteiger partial charge >= 0.3 is 18.0 Å². The highest BCUT2D eigenvalue weighted by molar-refractivity contribution is 5.82. The molecule has 1 amide bonds. The van der Waals surface area contributed by atoms with E-state index in [0.29, 0.717) is 0 Å². The first-order valence-electron chi connectivity index (χ1n) is 8.83. The lowest BCUT2D eigenvalue weighted by molar-refractivity contribution is -0.148. The average molecular weight is 385 g/mol. The topological polar surface area (TPSA) is 90.9 Å². The molecule has 7 nitrogen and oxygen atoms in total. The quantitative estimate of drug-likeness (QED) is 0.527. The number of esters is 2. The second-order valence-electron chi connectivity index (χ2n) is 5.97. The summed E-state index contributed by atoms with van der Waals surface area (Å²) in [6, 6.07) is 17.3. The lowest BCUT2D eigenvalue weighted by Crippen LogP contribution is -2.42. The van der Waals surface area contributed by atoms with Gasteiger partial charge in [0.2, 0.25) is 0 Å². The molecule has 0 aromatic heterocycles. The molecule has 148 valence electrons. The van der Waals surface area contributed by atoms with Crippen LogP contribution < -0.4 is 5.32 Å². The maximum Gasteiger partial charge on any atom is 0.408 e. The van der Waals surface area contributed by atoms with E-state index in [1.807, 2.05) is 60.7 Å². The van der Waals surface area contributed by atoms with Gasteiger partial charge in [-0.15, -0.1) is 0 Å². The summed E-state index contributed by atoms with van der Waals surface area (Å²) in [7, 11) is 1.26. The largest absolute Gasteiger partial charge is 0.469 e. The Bertz CT molecular complexity index is 763. The SMILES string of the molecule is COC(=O)CC[C@H](NC(=O)OCc1ccccc1)C(=O)OCc1ccccc1. The molecule has 0 aliphatic carbocycles. The molecule has 2 rings (SSSR count). The molecule has 1 atom stereocenters. The van der Waals surface area contributed by atoms with Gasteiger partial charge in [0, 0.05) is 6.42 Å². The van der Waals surface area contributed by atoms with E-state index in [9.17, 15) is 14.4 Å². The predicted molar refractivity (Wildman–Crippen MR) is 101 cm³/mol. The first-order chi connectivity index (χ1) is 13.6. The number of carbonyl (C=O) groups excluding carboxylic acids is 3. The van der Waals surface area contributed by atoms with E-state index in [1.54, 1.807) is 0 Å². The Morgan fingerprint density at radius 3 is 1.93 bits per heavy atom. The molecule has 0 heterocycles. The molecule has 0 saturated carbocycles. The number of hydrogen-bond acceptors (Lipinski definition) is 6.